The summed E-state index contributed by atoms with van der Waals surface area (Å²) in [6, 6.07) is 0. The van der Waals surface area contributed by atoms with E-state index in [1.54, 1.807) is 4.90 Å². The van der Waals surface area contributed by atoms with Gasteiger partial charge in [0.2, 0.25) is 0 Å². The number of hydrogen-bond donors (Lipinski definition) is 0. The molecule has 2 aliphatic heterocycles. The first-order valence-electron chi connectivity index (χ1n) is 6.00. The van der Waals surface area contributed by atoms with Crippen LogP contribution in [0.3, 0.4) is 0 Å². The topological polar surface area (TPSA) is 46.6 Å². The van der Waals surface area contributed by atoms with Gasteiger partial charge in [0.25, 0.3) is 5.91 Å². The zero-order valence-electron chi connectivity index (χ0n) is 9.99. The van der Waals surface area contributed by atoms with Crippen molar-refractivity contribution in [2.75, 3.05) is 13.2 Å². The second-order valence-corrected chi connectivity index (χ2v) is 5.08. The molecule has 0 aromatic heterocycles. The van der Waals surface area contributed by atoms with Crippen molar-refractivity contribution in [2.24, 2.45) is 0 Å². The number of piperidine rings is 1. The number of ketones is 1. The molecular weight excluding hydrogens is 206 g/mol. The predicted octanol–water partition coefficient (Wildman–Crippen LogP) is 1.14. The van der Waals surface area contributed by atoms with E-state index in [0.29, 0.717) is 19.6 Å². The molecule has 1 atom stereocenters. The lowest BCUT2D eigenvalue weighted by atomic mass is 9.88. The number of Topliss-reactive ketones (excluding diaryl/α,β-unsaturated/α-hetero) is 1. The Kier molecular flexibility index (Phi) is 3.02. The summed E-state index contributed by atoms with van der Waals surface area (Å²) in [6.07, 6.45) is 2.78. The normalized spacial score (nSPS) is 29.5. The summed E-state index contributed by atoms with van der Waals surface area (Å²) in [5.74, 6) is 0.153. The van der Waals surface area contributed by atoms with Crippen LogP contribution in [0.25, 0.3) is 0 Å². The first-order valence-corrected chi connectivity index (χ1v) is 6.00. The van der Waals surface area contributed by atoms with Gasteiger partial charge in [-0.05, 0) is 33.1 Å². The molecule has 2 fully saturated rings. The van der Waals surface area contributed by atoms with Crippen molar-refractivity contribution in [3.8, 4) is 0 Å². The molecule has 0 radical (unpaired) electrons. The molecule has 0 N–H and O–H groups in total. The van der Waals surface area contributed by atoms with Gasteiger partial charge in [-0.25, -0.2) is 0 Å². The number of likely N-dealkylation sites (tertiary alicyclic amines) is 1. The summed E-state index contributed by atoms with van der Waals surface area (Å²) in [5, 5.41) is 0. The van der Waals surface area contributed by atoms with Gasteiger partial charge in [-0.15, -0.1) is 0 Å². The first-order chi connectivity index (χ1) is 7.53. The van der Waals surface area contributed by atoms with Crippen LogP contribution in [0.15, 0.2) is 0 Å². The lowest BCUT2D eigenvalue weighted by molar-refractivity contribution is -0.154. The molecular formula is C12H19NO3. The standard InChI is InChI=1S/C12H19NO3/c1-12(2)10(14)6-3-7-13(12)11(15)9-5-4-8-16-9/h9H,3-8H2,1-2H3. The number of rotatable bonds is 1. The SMILES string of the molecule is CC1(C)C(=O)CCCN1C(=O)C1CCCO1. The van der Waals surface area contributed by atoms with E-state index in [9.17, 15) is 9.59 Å². The number of amides is 1. The molecule has 0 aromatic rings. The van der Waals surface area contributed by atoms with Crippen LogP contribution >= 0.6 is 0 Å². The van der Waals surface area contributed by atoms with Gasteiger partial charge in [0.1, 0.15) is 6.10 Å². The van der Waals surface area contributed by atoms with Gasteiger partial charge >= 0.3 is 0 Å². The molecule has 4 heteroatoms. The second kappa shape index (κ2) is 4.17. The highest BCUT2D eigenvalue weighted by Gasteiger charge is 2.42. The van der Waals surface area contributed by atoms with E-state index in [0.717, 1.165) is 19.3 Å². The third-order valence-corrected chi connectivity index (χ3v) is 3.61. The van der Waals surface area contributed by atoms with E-state index in [-0.39, 0.29) is 17.8 Å². The zero-order valence-corrected chi connectivity index (χ0v) is 9.99. The fourth-order valence-electron chi connectivity index (χ4n) is 2.47. The summed E-state index contributed by atoms with van der Waals surface area (Å²) < 4.78 is 5.39. The Morgan fingerprint density at radius 1 is 1.44 bits per heavy atom. The maximum absolute atomic E-state index is 12.2. The summed E-state index contributed by atoms with van der Waals surface area (Å²) >= 11 is 0. The summed E-state index contributed by atoms with van der Waals surface area (Å²) in [6.45, 7) is 5.01. The monoisotopic (exact) mass is 225 g/mol. The number of nitrogens with zero attached hydrogens (tertiary/aromatic N) is 1. The van der Waals surface area contributed by atoms with Crippen LogP contribution in [0, 0.1) is 0 Å². The molecule has 2 rings (SSSR count). The van der Waals surface area contributed by atoms with Gasteiger partial charge in [0, 0.05) is 19.6 Å². The highest BCUT2D eigenvalue weighted by atomic mass is 16.5. The van der Waals surface area contributed by atoms with Gasteiger partial charge in [-0.2, -0.15) is 0 Å². The number of carbonyl (C=O) groups excluding carboxylic acids is 2. The highest BCUT2D eigenvalue weighted by molar-refractivity contribution is 5.94. The molecule has 90 valence electrons. The quantitative estimate of drug-likeness (QED) is 0.672. The maximum Gasteiger partial charge on any atom is 0.252 e. The van der Waals surface area contributed by atoms with Crippen molar-refractivity contribution in [2.45, 2.75) is 51.2 Å². The smallest absolute Gasteiger partial charge is 0.252 e. The molecule has 1 unspecified atom stereocenters. The van der Waals surface area contributed by atoms with Gasteiger partial charge < -0.3 is 9.64 Å². The fraction of sp³-hybridized carbons (Fsp3) is 0.833. The van der Waals surface area contributed by atoms with E-state index < -0.39 is 5.54 Å². The Labute approximate surface area is 95.9 Å². The Bertz CT molecular complexity index is 305. The van der Waals surface area contributed by atoms with Crippen molar-refractivity contribution in [3.63, 3.8) is 0 Å². The molecule has 0 aliphatic carbocycles. The highest BCUT2D eigenvalue weighted by Crippen LogP contribution is 2.27. The van der Waals surface area contributed by atoms with Crippen molar-refractivity contribution in [3.05, 3.63) is 0 Å². The molecule has 1 amide bonds. The average molecular weight is 225 g/mol. The van der Waals surface area contributed by atoms with Crippen molar-refractivity contribution < 1.29 is 14.3 Å². The molecule has 4 nitrogen and oxygen atoms in total. The number of carbonyl (C=O) groups is 2. The molecule has 0 spiro atoms. The third-order valence-electron chi connectivity index (χ3n) is 3.61. The van der Waals surface area contributed by atoms with E-state index in [2.05, 4.69) is 0 Å². The second-order valence-electron chi connectivity index (χ2n) is 5.08. The number of ether oxygens (including phenoxy) is 1. The molecule has 16 heavy (non-hydrogen) atoms. The van der Waals surface area contributed by atoms with Gasteiger partial charge in [-0.3, -0.25) is 9.59 Å². The van der Waals surface area contributed by atoms with Crippen molar-refractivity contribution >= 4 is 11.7 Å². The third kappa shape index (κ3) is 1.86. The van der Waals surface area contributed by atoms with Crippen LogP contribution in [-0.4, -0.2) is 41.4 Å². The van der Waals surface area contributed by atoms with Crippen LogP contribution in [0.5, 0.6) is 0 Å². The summed E-state index contributed by atoms with van der Waals surface area (Å²) in [4.78, 5) is 25.7. The van der Waals surface area contributed by atoms with E-state index >= 15 is 0 Å². The molecule has 2 saturated heterocycles. The Morgan fingerprint density at radius 2 is 2.19 bits per heavy atom. The fourth-order valence-corrected chi connectivity index (χ4v) is 2.47. The largest absolute Gasteiger partial charge is 0.368 e. The maximum atomic E-state index is 12.2. The lowest BCUT2D eigenvalue weighted by Crippen LogP contribution is -2.58. The molecule has 0 saturated carbocycles. The number of hydrogen-bond acceptors (Lipinski definition) is 3. The zero-order chi connectivity index (χ0) is 11.8. The van der Waals surface area contributed by atoms with Crippen LogP contribution in [0.1, 0.15) is 39.5 Å². The minimum absolute atomic E-state index is 0.00412. The van der Waals surface area contributed by atoms with Gasteiger partial charge in [0.05, 0.1) is 5.54 Å². The van der Waals surface area contributed by atoms with E-state index in [1.165, 1.54) is 0 Å². The van der Waals surface area contributed by atoms with Crippen LogP contribution < -0.4 is 0 Å². The molecule has 2 aliphatic rings. The van der Waals surface area contributed by atoms with E-state index in [1.807, 2.05) is 13.8 Å². The lowest BCUT2D eigenvalue weighted by Gasteiger charge is -2.42. The minimum Gasteiger partial charge on any atom is -0.368 e. The minimum atomic E-state index is -0.652. The van der Waals surface area contributed by atoms with Crippen LogP contribution in [0.4, 0.5) is 0 Å². The summed E-state index contributed by atoms with van der Waals surface area (Å²) in [7, 11) is 0. The van der Waals surface area contributed by atoms with Gasteiger partial charge in [-0.1, -0.05) is 0 Å². The van der Waals surface area contributed by atoms with E-state index in [4.69, 9.17) is 4.74 Å². The molecule has 0 aromatic carbocycles. The molecule has 0 bridgehead atoms. The van der Waals surface area contributed by atoms with Crippen LogP contribution in [0.2, 0.25) is 0 Å². The van der Waals surface area contributed by atoms with Gasteiger partial charge in [0.15, 0.2) is 5.78 Å². The summed E-state index contributed by atoms with van der Waals surface area (Å²) in [5.41, 5.74) is -0.652. The van der Waals surface area contributed by atoms with Crippen LogP contribution in [-0.2, 0) is 14.3 Å². The Morgan fingerprint density at radius 3 is 2.81 bits per heavy atom. The Hall–Kier alpha value is -0.900. The average Bonchev–Trinajstić information content (AvgIpc) is 2.74. The van der Waals surface area contributed by atoms with Crippen molar-refractivity contribution in [1.29, 1.82) is 0 Å². The predicted molar refractivity (Wildman–Crippen MR) is 59.0 cm³/mol. The first kappa shape index (κ1) is 11.6. The molecule has 2 heterocycles. The Balaban J connectivity index is 2.12. The van der Waals surface area contributed by atoms with Crippen molar-refractivity contribution in [1.82, 2.24) is 4.90 Å².